The van der Waals surface area contributed by atoms with Crippen molar-refractivity contribution in [2.75, 3.05) is 6.54 Å². The highest BCUT2D eigenvalue weighted by Crippen LogP contribution is 2.22. The molecule has 0 saturated heterocycles. The predicted octanol–water partition coefficient (Wildman–Crippen LogP) is 2.29. The molecule has 0 fully saturated rings. The van der Waals surface area contributed by atoms with E-state index in [4.69, 9.17) is 11.6 Å². The average molecular weight is 182 g/mol. The Morgan fingerprint density at radius 3 is 3.08 bits per heavy atom. The summed E-state index contributed by atoms with van der Waals surface area (Å²) in [4.78, 5) is 0. The minimum Gasteiger partial charge on any atom is -0.312 e. The zero-order chi connectivity index (χ0) is 8.55. The van der Waals surface area contributed by atoms with Gasteiger partial charge in [-0.15, -0.1) is 0 Å². The molecule has 64 valence electrons. The molecule has 12 heavy (non-hydrogen) atoms. The number of fused-ring (bicyclic) bond motifs is 1. The summed E-state index contributed by atoms with van der Waals surface area (Å²) in [7, 11) is 0. The standard InChI is InChI=1S/C10H12ClN/c1-7-4-9(11)5-8-2-3-12-6-10(7)8/h4-5,12H,2-3,6H2,1H3. The van der Waals surface area contributed by atoms with Crippen LogP contribution in [0.15, 0.2) is 12.1 Å². The van der Waals surface area contributed by atoms with E-state index in [1.54, 1.807) is 0 Å². The fourth-order valence-electron chi connectivity index (χ4n) is 1.75. The van der Waals surface area contributed by atoms with Gasteiger partial charge >= 0.3 is 0 Å². The number of halogens is 1. The molecule has 0 aromatic heterocycles. The van der Waals surface area contributed by atoms with Crippen LogP contribution < -0.4 is 5.32 Å². The number of rotatable bonds is 0. The van der Waals surface area contributed by atoms with Crippen molar-refractivity contribution in [1.29, 1.82) is 0 Å². The predicted molar refractivity (Wildman–Crippen MR) is 51.6 cm³/mol. The van der Waals surface area contributed by atoms with Gasteiger partial charge in [0.2, 0.25) is 0 Å². The summed E-state index contributed by atoms with van der Waals surface area (Å²) in [5.41, 5.74) is 4.16. The maximum Gasteiger partial charge on any atom is 0.0411 e. The zero-order valence-electron chi connectivity index (χ0n) is 7.15. The lowest BCUT2D eigenvalue weighted by Gasteiger charge is -2.19. The topological polar surface area (TPSA) is 12.0 Å². The molecule has 0 unspecified atom stereocenters. The third-order valence-corrected chi connectivity index (χ3v) is 2.62. The number of hydrogen-bond donors (Lipinski definition) is 1. The first kappa shape index (κ1) is 8.09. The van der Waals surface area contributed by atoms with Gasteiger partial charge in [-0.1, -0.05) is 11.6 Å². The van der Waals surface area contributed by atoms with E-state index in [2.05, 4.69) is 18.3 Å². The van der Waals surface area contributed by atoms with E-state index < -0.39 is 0 Å². The van der Waals surface area contributed by atoms with Crippen molar-refractivity contribution < 1.29 is 0 Å². The van der Waals surface area contributed by atoms with E-state index in [-0.39, 0.29) is 0 Å². The third-order valence-electron chi connectivity index (χ3n) is 2.40. The molecule has 1 aromatic carbocycles. The van der Waals surface area contributed by atoms with Crippen molar-refractivity contribution >= 4 is 11.6 Å². The summed E-state index contributed by atoms with van der Waals surface area (Å²) in [6, 6.07) is 4.12. The molecular weight excluding hydrogens is 170 g/mol. The first-order valence-corrected chi connectivity index (χ1v) is 4.64. The van der Waals surface area contributed by atoms with Gasteiger partial charge in [-0.25, -0.2) is 0 Å². The molecule has 0 saturated carbocycles. The van der Waals surface area contributed by atoms with Crippen molar-refractivity contribution in [2.45, 2.75) is 19.9 Å². The van der Waals surface area contributed by atoms with Gasteiger partial charge in [-0.2, -0.15) is 0 Å². The molecule has 0 radical (unpaired) electrons. The molecule has 1 aliphatic heterocycles. The molecular formula is C10H12ClN. The van der Waals surface area contributed by atoms with E-state index >= 15 is 0 Å². The molecule has 1 aromatic rings. The van der Waals surface area contributed by atoms with E-state index in [1.807, 2.05) is 6.07 Å². The average Bonchev–Trinajstić information content (AvgIpc) is 2.04. The summed E-state index contributed by atoms with van der Waals surface area (Å²) >= 11 is 5.96. The molecule has 0 aliphatic carbocycles. The van der Waals surface area contributed by atoms with Gasteiger partial charge in [0.15, 0.2) is 0 Å². The van der Waals surface area contributed by atoms with Gasteiger partial charge in [0, 0.05) is 11.6 Å². The van der Waals surface area contributed by atoms with E-state index in [0.717, 1.165) is 24.5 Å². The van der Waals surface area contributed by atoms with Crippen molar-refractivity contribution in [2.24, 2.45) is 0 Å². The molecule has 2 heteroatoms. The van der Waals surface area contributed by atoms with Crippen LogP contribution in [-0.2, 0) is 13.0 Å². The summed E-state index contributed by atoms with van der Waals surface area (Å²) in [6.07, 6.45) is 1.11. The largest absolute Gasteiger partial charge is 0.312 e. The second-order valence-corrected chi connectivity index (χ2v) is 3.72. The summed E-state index contributed by atoms with van der Waals surface area (Å²) in [5.74, 6) is 0. The summed E-state index contributed by atoms with van der Waals surface area (Å²) in [6.45, 7) is 4.20. The Morgan fingerprint density at radius 2 is 2.25 bits per heavy atom. The lowest BCUT2D eigenvalue weighted by molar-refractivity contribution is 0.640. The van der Waals surface area contributed by atoms with Crippen LogP contribution in [0.3, 0.4) is 0 Å². The van der Waals surface area contributed by atoms with Crippen LogP contribution >= 0.6 is 11.6 Å². The molecule has 1 N–H and O–H groups in total. The van der Waals surface area contributed by atoms with Crippen LogP contribution in [0, 0.1) is 6.92 Å². The molecule has 0 bridgehead atoms. The Balaban J connectivity index is 2.53. The van der Waals surface area contributed by atoms with E-state index in [9.17, 15) is 0 Å². The van der Waals surface area contributed by atoms with E-state index in [0.29, 0.717) is 0 Å². The minimum absolute atomic E-state index is 0.869. The van der Waals surface area contributed by atoms with Gasteiger partial charge in [-0.3, -0.25) is 0 Å². The van der Waals surface area contributed by atoms with Gasteiger partial charge in [0.25, 0.3) is 0 Å². The minimum atomic E-state index is 0.869. The van der Waals surface area contributed by atoms with Gasteiger partial charge in [0.1, 0.15) is 0 Å². The first-order chi connectivity index (χ1) is 5.77. The third kappa shape index (κ3) is 1.35. The number of benzene rings is 1. The number of hydrogen-bond acceptors (Lipinski definition) is 1. The lowest BCUT2D eigenvalue weighted by atomic mass is 9.97. The Kier molecular flexibility index (Phi) is 2.07. The van der Waals surface area contributed by atoms with Gasteiger partial charge < -0.3 is 5.32 Å². The van der Waals surface area contributed by atoms with Crippen molar-refractivity contribution in [3.63, 3.8) is 0 Å². The molecule has 1 heterocycles. The Morgan fingerprint density at radius 1 is 1.42 bits per heavy atom. The van der Waals surface area contributed by atoms with Crippen LogP contribution in [-0.4, -0.2) is 6.54 Å². The van der Waals surface area contributed by atoms with Gasteiger partial charge in [-0.05, 0) is 48.7 Å². The molecule has 2 rings (SSSR count). The fraction of sp³-hybridized carbons (Fsp3) is 0.400. The molecule has 1 aliphatic rings. The molecule has 0 atom stereocenters. The monoisotopic (exact) mass is 181 g/mol. The fourth-order valence-corrected chi connectivity index (χ4v) is 2.05. The number of aryl methyl sites for hydroxylation is 1. The van der Waals surface area contributed by atoms with E-state index in [1.165, 1.54) is 16.7 Å². The summed E-state index contributed by atoms with van der Waals surface area (Å²) in [5, 5.41) is 4.23. The maximum absolute atomic E-state index is 5.96. The maximum atomic E-state index is 5.96. The van der Waals surface area contributed by atoms with Crippen molar-refractivity contribution in [3.8, 4) is 0 Å². The van der Waals surface area contributed by atoms with Crippen LogP contribution in [0.2, 0.25) is 5.02 Å². The lowest BCUT2D eigenvalue weighted by Crippen LogP contribution is -2.24. The second kappa shape index (κ2) is 3.08. The van der Waals surface area contributed by atoms with Crippen LogP contribution in [0.5, 0.6) is 0 Å². The van der Waals surface area contributed by atoms with Crippen LogP contribution in [0.1, 0.15) is 16.7 Å². The van der Waals surface area contributed by atoms with Crippen molar-refractivity contribution in [1.82, 2.24) is 5.32 Å². The van der Waals surface area contributed by atoms with Crippen LogP contribution in [0.4, 0.5) is 0 Å². The Hall–Kier alpha value is -0.530. The van der Waals surface area contributed by atoms with Crippen LogP contribution in [0.25, 0.3) is 0 Å². The zero-order valence-corrected chi connectivity index (χ0v) is 7.91. The smallest absolute Gasteiger partial charge is 0.0411 e. The quantitative estimate of drug-likeness (QED) is 0.648. The highest BCUT2D eigenvalue weighted by atomic mass is 35.5. The molecule has 0 spiro atoms. The molecule has 0 amide bonds. The number of nitrogens with one attached hydrogen (secondary N) is 1. The highest BCUT2D eigenvalue weighted by Gasteiger charge is 2.10. The normalized spacial score (nSPS) is 15.8. The Bertz CT molecular complexity index is 307. The highest BCUT2D eigenvalue weighted by molar-refractivity contribution is 6.30. The molecule has 1 nitrogen and oxygen atoms in total. The van der Waals surface area contributed by atoms with Crippen molar-refractivity contribution in [3.05, 3.63) is 33.8 Å². The van der Waals surface area contributed by atoms with Gasteiger partial charge in [0.05, 0.1) is 0 Å². The summed E-state index contributed by atoms with van der Waals surface area (Å²) < 4.78 is 0. The Labute approximate surface area is 77.7 Å². The first-order valence-electron chi connectivity index (χ1n) is 4.26. The second-order valence-electron chi connectivity index (χ2n) is 3.29. The SMILES string of the molecule is Cc1cc(Cl)cc2c1CNCC2.